The number of rotatable bonds is 10. The fourth-order valence-corrected chi connectivity index (χ4v) is 3.35. The van der Waals surface area contributed by atoms with Crippen LogP contribution in [0.2, 0.25) is 0 Å². The summed E-state index contributed by atoms with van der Waals surface area (Å²) >= 11 is 0. The summed E-state index contributed by atoms with van der Waals surface area (Å²) in [7, 11) is -0.666. The molecule has 0 spiro atoms. The molecule has 0 fully saturated rings. The minimum Gasteiger partial charge on any atom is -0.423 e. The predicted molar refractivity (Wildman–Crippen MR) is 106 cm³/mol. The summed E-state index contributed by atoms with van der Waals surface area (Å²) in [6.07, 6.45) is 0.228. The molecule has 0 aliphatic carbocycles. The van der Waals surface area contributed by atoms with Crippen LogP contribution < -0.4 is 10.5 Å². The Kier molecular flexibility index (Phi) is 8.04. The third kappa shape index (κ3) is 5.27. The molecule has 2 atom stereocenters. The van der Waals surface area contributed by atoms with Gasteiger partial charge in [-0.15, -0.1) is 0 Å². The Balaban J connectivity index is 2.42. The van der Waals surface area contributed by atoms with E-state index in [2.05, 4.69) is 18.7 Å². The normalized spacial score (nSPS) is 13.2. The van der Waals surface area contributed by atoms with Crippen molar-refractivity contribution >= 4 is 25.7 Å². The van der Waals surface area contributed by atoms with Crippen LogP contribution in [0.1, 0.15) is 45.8 Å². The van der Waals surface area contributed by atoms with Crippen LogP contribution in [-0.2, 0) is 9.26 Å². The molecule has 2 rings (SSSR count). The molecule has 0 saturated carbocycles. The second-order valence-corrected chi connectivity index (χ2v) is 6.70. The van der Waals surface area contributed by atoms with E-state index in [4.69, 9.17) is 13.7 Å². The van der Waals surface area contributed by atoms with Crippen LogP contribution in [0.15, 0.2) is 33.5 Å². The van der Waals surface area contributed by atoms with Crippen molar-refractivity contribution in [3.05, 3.63) is 40.2 Å². The Morgan fingerprint density at radius 1 is 1.23 bits per heavy atom. The maximum Gasteiger partial charge on any atom is 0.336 e. The van der Waals surface area contributed by atoms with Crippen molar-refractivity contribution in [1.82, 2.24) is 0 Å². The molecule has 144 valence electrons. The molecular formula is C19H28NO5P. The van der Waals surface area contributed by atoms with Crippen molar-refractivity contribution in [2.45, 2.75) is 46.3 Å². The van der Waals surface area contributed by atoms with Crippen molar-refractivity contribution in [2.75, 3.05) is 24.6 Å². The Hall–Kier alpha value is -1.46. The molecule has 0 aliphatic rings. The van der Waals surface area contributed by atoms with Crippen molar-refractivity contribution in [2.24, 2.45) is 0 Å². The molecule has 2 aromatic rings. The molecule has 7 heteroatoms. The van der Waals surface area contributed by atoms with E-state index >= 15 is 0 Å². The van der Waals surface area contributed by atoms with Crippen molar-refractivity contribution in [1.29, 1.82) is 0 Å². The van der Waals surface area contributed by atoms with Gasteiger partial charge in [0, 0.05) is 49.3 Å². The largest absolute Gasteiger partial charge is 0.423 e. The third-order valence-electron chi connectivity index (χ3n) is 4.26. The van der Waals surface area contributed by atoms with Crippen molar-refractivity contribution < 1.29 is 18.6 Å². The van der Waals surface area contributed by atoms with Gasteiger partial charge in [-0.25, -0.2) is 4.79 Å². The first-order valence-electron chi connectivity index (χ1n) is 8.99. The highest BCUT2D eigenvalue weighted by Crippen LogP contribution is 2.33. The number of hydrogen-bond acceptors (Lipinski definition) is 6. The van der Waals surface area contributed by atoms with Gasteiger partial charge in [-0.3, -0.25) is 0 Å². The summed E-state index contributed by atoms with van der Waals surface area (Å²) in [5.41, 5.74) is 1.82. The van der Waals surface area contributed by atoms with Gasteiger partial charge in [0.05, 0.1) is 12.2 Å². The second kappa shape index (κ2) is 10.0. The summed E-state index contributed by atoms with van der Waals surface area (Å²) in [6, 6.07) is 7.29. The van der Waals surface area contributed by atoms with Crippen LogP contribution >= 0.6 is 9.03 Å². The average Bonchev–Trinajstić information content (AvgIpc) is 2.61. The fourth-order valence-electron chi connectivity index (χ4n) is 2.98. The maximum absolute atomic E-state index is 12.1. The molecule has 0 aliphatic heterocycles. The van der Waals surface area contributed by atoms with E-state index in [1.165, 1.54) is 6.07 Å². The molecule has 1 aromatic carbocycles. The molecule has 2 unspecified atom stereocenters. The van der Waals surface area contributed by atoms with Gasteiger partial charge in [-0.2, -0.15) is 0 Å². The van der Waals surface area contributed by atoms with Gasteiger partial charge in [-0.05, 0) is 45.4 Å². The first kappa shape index (κ1) is 20.8. The Morgan fingerprint density at radius 2 is 1.96 bits per heavy atom. The third-order valence-corrected chi connectivity index (χ3v) is 4.65. The van der Waals surface area contributed by atoms with Crippen LogP contribution in [0, 0.1) is 0 Å². The summed E-state index contributed by atoms with van der Waals surface area (Å²) in [5.74, 6) is 0. The van der Waals surface area contributed by atoms with E-state index in [9.17, 15) is 9.69 Å². The SMILES string of the molecule is CCN(CC)c1ccc2c(C(CCOC(C)C)OPO)cc(=O)oc2c1. The molecule has 1 N–H and O–H groups in total. The number of fused-ring (bicyclic) bond motifs is 1. The number of ether oxygens (including phenoxy) is 1. The zero-order valence-electron chi connectivity index (χ0n) is 15.8. The van der Waals surface area contributed by atoms with Crippen LogP contribution in [0.3, 0.4) is 0 Å². The van der Waals surface area contributed by atoms with Gasteiger partial charge < -0.3 is 23.5 Å². The van der Waals surface area contributed by atoms with Crippen LogP contribution in [0.25, 0.3) is 11.0 Å². The molecule has 0 bridgehead atoms. The lowest BCUT2D eigenvalue weighted by molar-refractivity contribution is 0.0544. The number of nitrogens with zero attached hydrogens (tertiary/aromatic N) is 1. The van der Waals surface area contributed by atoms with Gasteiger partial charge >= 0.3 is 5.63 Å². The van der Waals surface area contributed by atoms with Gasteiger partial charge in [0.15, 0.2) is 9.03 Å². The number of anilines is 1. The van der Waals surface area contributed by atoms with Gasteiger partial charge in [0.25, 0.3) is 0 Å². The quantitative estimate of drug-likeness (QED) is 0.495. The number of benzene rings is 1. The highest BCUT2D eigenvalue weighted by Gasteiger charge is 2.18. The van der Waals surface area contributed by atoms with Crippen LogP contribution in [0.5, 0.6) is 0 Å². The fraction of sp³-hybridized carbons (Fsp3) is 0.526. The van der Waals surface area contributed by atoms with Gasteiger partial charge in [0.2, 0.25) is 0 Å². The van der Waals surface area contributed by atoms with Crippen molar-refractivity contribution in [3.63, 3.8) is 0 Å². The van der Waals surface area contributed by atoms with E-state index < -0.39 is 20.8 Å². The van der Waals surface area contributed by atoms with Crippen LogP contribution in [0.4, 0.5) is 5.69 Å². The van der Waals surface area contributed by atoms with Crippen molar-refractivity contribution in [3.8, 4) is 0 Å². The summed E-state index contributed by atoms with van der Waals surface area (Å²) in [6.45, 7) is 10.3. The zero-order valence-corrected chi connectivity index (χ0v) is 16.8. The monoisotopic (exact) mass is 381 g/mol. The van der Waals surface area contributed by atoms with E-state index in [1.54, 1.807) is 0 Å². The van der Waals surface area contributed by atoms with Gasteiger partial charge in [0.1, 0.15) is 5.58 Å². The molecule has 6 nitrogen and oxygen atoms in total. The van der Waals surface area contributed by atoms with E-state index in [1.807, 2.05) is 32.0 Å². The lowest BCUT2D eigenvalue weighted by Gasteiger charge is -2.22. The highest BCUT2D eigenvalue weighted by molar-refractivity contribution is 7.24. The topological polar surface area (TPSA) is 72.1 Å². The average molecular weight is 381 g/mol. The molecular weight excluding hydrogens is 353 g/mol. The first-order valence-corrected chi connectivity index (χ1v) is 9.84. The van der Waals surface area contributed by atoms with Gasteiger partial charge in [-0.1, -0.05) is 0 Å². The number of hydrogen-bond donors (Lipinski definition) is 1. The smallest absolute Gasteiger partial charge is 0.336 e. The lowest BCUT2D eigenvalue weighted by atomic mass is 10.0. The van der Waals surface area contributed by atoms with E-state index in [-0.39, 0.29) is 6.10 Å². The minimum absolute atomic E-state index is 0.112. The lowest BCUT2D eigenvalue weighted by Crippen LogP contribution is -2.21. The van der Waals surface area contributed by atoms with Crippen LogP contribution in [-0.4, -0.2) is 30.7 Å². The molecule has 0 amide bonds. The summed E-state index contributed by atoms with van der Waals surface area (Å²) < 4.78 is 16.5. The Bertz CT molecular complexity index is 757. The standard InChI is InChI=1S/C19H28NO5P/c1-5-20(6-2)14-7-8-15-16(12-19(21)24-18(15)11-14)17(25-26-22)9-10-23-13(3)4/h7-8,11-13,17,22,26H,5-6,9-10H2,1-4H3. The molecule has 1 aromatic heterocycles. The molecule has 0 saturated heterocycles. The molecule has 1 heterocycles. The second-order valence-electron chi connectivity index (χ2n) is 6.28. The van der Waals surface area contributed by atoms with E-state index in [0.717, 1.165) is 29.7 Å². The Labute approximate surface area is 156 Å². The maximum atomic E-state index is 12.1. The van der Waals surface area contributed by atoms with E-state index in [0.29, 0.717) is 18.6 Å². The predicted octanol–water partition coefficient (Wildman–Crippen LogP) is 4.01. The summed E-state index contributed by atoms with van der Waals surface area (Å²) in [4.78, 5) is 23.6. The Morgan fingerprint density at radius 3 is 2.58 bits per heavy atom. The molecule has 0 radical (unpaired) electrons. The zero-order chi connectivity index (χ0) is 19.1. The highest BCUT2D eigenvalue weighted by atomic mass is 31.1. The molecule has 26 heavy (non-hydrogen) atoms. The minimum atomic E-state index is -0.666. The summed E-state index contributed by atoms with van der Waals surface area (Å²) in [5, 5.41) is 0.813. The first-order chi connectivity index (χ1) is 12.5.